The van der Waals surface area contributed by atoms with Crippen LogP contribution >= 0.6 is 0 Å². The number of ether oxygens (including phenoxy) is 2. The van der Waals surface area contributed by atoms with E-state index in [9.17, 15) is 0 Å². The third kappa shape index (κ3) is 2.71. The minimum Gasteiger partial charge on any atom is -0.454 e. The Labute approximate surface area is 150 Å². The van der Waals surface area contributed by atoms with E-state index in [1.165, 1.54) is 5.56 Å². The Hall–Kier alpha value is -3.54. The van der Waals surface area contributed by atoms with Crippen LogP contribution in [0.1, 0.15) is 5.56 Å². The van der Waals surface area contributed by atoms with Crippen molar-refractivity contribution in [3.05, 3.63) is 72.7 Å². The number of aromatic nitrogens is 3. The molecule has 2 aromatic heterocycles. The van der Waals surface area contributed by atoms with Crippen molar-refractivity contribution in [3.8, 4) is 11.5 Å². The molecule has 3 heterocycles. The summed E-state index contributed by atoms with van der Waals surface area (Å²) in [6.45, 7) is 1.03. The van der Waals surface area contributed by atoms with Crippen LogP contribution in [0, 0.1) is 0 Å². The van der Waals surface area contributed by atoms with Gasteiger partial charge in [0, 0.05) is 24.4 Å². The van der Waals surface area contributed by atoms with Crippen molar-refractivity contribution in [1.29, 1.82) is 0 Å². The third-order valence-electron chi connectivity index (χ3n) is 4.35. The number of fused-ring (bicyclic) bond motifs is 2. The lowest BCUT2D eigenvalue weighted by Gasteiger charge is -2.08. The predicted octanol–water partition coefficient (Wildman–Crippen LogP) is 3.95. The molecule has 0 bridgehead atoms. The first-order valence-electron chi connectivity index (χ1n) is 8.37. The number of pyridine rings is 1. The van der Waals surface area contributed by atoms with Crippen molar-refractivity contribution < 1.29 is 9.47 Å². The molecular formula is C20H16N4O2. The molecule has 6 nitrogen and oxygen atoms in total. The van der Waals surface area contributed by atoms with Crippen molar-refractivity contribution in [3.63, 3.8) is 0 Å². The zero-order chi connectivity index (χ0) is 17.3. The summed E-state index contributed by atoms with van der Waals surface area (Å²) in [7, 11) is 0. The van der Waals surface area contributed by atoms with Crippen molar-refractivity contribution in [2.45, 2.75) is 6.54 Å². The molecule has 0 atom stereocenters. The van der Waals surface area contributed by atoms with E-state index in [0.29, 0.717) is 0 Å². The third-order valence-corrected chi connectivity index (χ3v) is 4.35. The van der Waals surface area contributed by atoms with Crippen LogP contribution in [0.4, 0.5) is 11.5 Å². The van der Waals surface area contributed by atoms with Crippen LogP contribution in [0.5, 0.6) is 11.5 Å². The van der Waals surface area contributed by atoms with E-state index in [2.05, 4.69) is 32.0 Å². The molecule has 0 unspecified atom stereocenters. The topological polar surface area (TPSA) is 61.2 Å². The standard InChI is InChI=1S/C20H16N4O2/c1-2-4-14(5-3-1)11-24-12-22-16-10-21-20(9-17(16)24)23-15-6-7-18-19(8-15)26-13-25-18/h1-10,12H,11,13H2,(H,21,23). The molecule has 5 rings (SSSR count). The number of rotatable bonds is 4. The number of nitrogens with one attached hydrogen (secondary N) is 1. The lowest BCUT2D eigenvalue weighted by molar-refractivity contribution is 0.174. The molecule has 0 saturated carbocycles. The summed E-state index contributed by atoms with van der Waals surface area (Å²) in [6.07, 6.45) is 3.63. The average Bonchev–Trinajstić information content (AvgIpc) is 3.29. The monoisotopic (exact) mass is 344 g/mol. The van der Waals surface area contributed by atoms with Gasteiger partial charge in [0.15, 0.2) is 11.5 Å². The molecule has 1 aliphatic heterocycles. The number of imidazole rings is 1. The minimum absolute atomic E-state index is 0.266. The molecule has 6 heteroatoms. The van der Waals surface area contributed by atoms with Crippen LogP contribution in [0.3, 0.4) is 0 Å². The minimum atomic E-state index is 0.266. The quantitative estimate of drug-likeness (QED) is 0.607. The maximum atomic E-state index is 5.42. The van der Waals surface area contributed by atoms with E-state index in [-0.39, 0.29) is 6.79 Å². The molecule has 1 N–H and O–H groups in total. The molecule has 4 aromatic rings. The molecule has 2 aromatic carbocycles. The van der Waals surface area contributed by atoms with Gasteiger partial charge in [-0.2, -0.15) is 0 Å². The molecule has 128 valence electrons. The maximum absolute atomic E-state index is 5.42. The van der Waals surface area contributed by atoms with Crippen molar-refractivity contribution in [2.75, 3.05) is 12.1 Å². The zero-order valence-corrected chi connectivity index (χ0v) is 13.9. The van der Waals surface area contributed by atoms with Crippen molar-refractivity contribution in [1.82, 2.24) is 14.5 Å². The average molecular weight is 344 g/mol. The Morgan fingerprint density at radius 2 is 1.85 bits per heavy atom. The molecule has 1 aliphatic rings. The van der Waals surface area contributed by atoms with Gasteiger partial charge in [0.2, 0.25) is 6.79 Å². The number of hydrogen-bond donors (Lipinski definition) is 1. The molecule has 0 spiro atoms. The number of hydrogen-bond acceptors (Lipinski definition) is 5. The molecule has 0 fully saturated rings. The van der Waals surface area contributed by atoms with Gasteiger partial charge < -0.3 is 19.4 Å². The van der Waals surface area contributed by atoms with E-state index >= 15 is 0 Å². The van der Waals surface area contributed by atoms with Crippen LogP contribution < -0.4 is 14.8 Å². The Kier molecular flexibility index (Phi) is 3.45. The summed E-state index contributed by atoms with van der Waals surface area (Å²) in [5, 5.41) is 3.32. The Bertz CT molecular complexity index is 1080. The largest absolute Gasteiger partial charge is 0.454 e. The summed E-state index contributed by atoms with van der Waals surface area (Å²) < 4.78 is 12.9. The fourth-order valence-electron chi connectivity index (χ4n) is 3.06. The SMILES string of the molecule is c1ccc(Cn2cnc3cnc(Nc4ccc5c(c4)OCO5)cc32)cc1. The lowest BCUT2D eigenvalue weighted by Crippen LogP contribution is -1.99. The molecule has 0 amide bonds. The zero-order valence-electron chi connectivity index (χ0n) is 13.9. The van der Waals surface area contributed by atoms with Crippen molar-refractivity contribution >= 4 is 22.5 Å². The molecule has 0 saturated heterocycles. The highest BCUT2D eigenvalue weighted by Gasteiger charge is 2.13. The highest BCUT2D eigenvalue weighted by atomic mass is 16.7. The van der Waals surface area contributed by atoms with Crippen LogP contribution in [0.15, 0.2) is 67.1 Å². The van der Waals surface area contributed by atoms with Gasteiger partial charge in [-0.15, -0.1) is 0 Å². The van der Waals surface area contributed by atoms with E-state index in [1.54, 1.807) is 6.20 Å². The predicted molar refractivity (Wildman–Crippen MR) is 98.9 cm³/mol. The highest BCUT2D eigenvalue weighted by molar-refractivity contribution is 5.78. The smallest absolute Gasteiger partial charge is 0.231 e. The fraction of sp³-hybridized carbons (Fsp3) is 0.100. The fourth-order valence-corrected chi connectivity index (χ4v) is 3.06. The number of nitrogens with zero attached hydrogens (tertiary/aromatic N) is 3. The van der Waals surface area contributed by atoms with E-state index in [4.69, 9.17) is 9.47 Å². The molecule has 0 aliphatic carbocycles. The summed E-state index contributed by atoms with van der Waals surface area (Å²) in [4.78, 5) is 8.90. The van der Waals surface area contributed by atoms with Gasteiger partial charge in [0.25, 0.3) is 0 Å². The summed E-state index contributed by atoms with van der Waals surface area (Å²) in [6, 6.07) is 18.1. The number of benzene rings is 2. The van der Waals surface area contributed by atoms with Crippen LogP contribution in [-0.4, -0.2) is 21.3 Å². The van der Waals surface area contributed by atoms with Gasteiger partial charge in [-0.1, -0.05) is 30.3 Å². The van der Waals surface area contributed by atoms with Crippen molar-refractivity contribution in [2.24, 2.45) is 0 Å². The van der Waals surface area contributed by atoms with Crippen LogP contribution in [0.25, 0.3) is 11.0 Å². The van der Waals surface area contributed by atoms with Gasteiger partial charge in [0.1, 0.15) is 11.3 Å². The van der Waals surface area contributed by atoms with Gasteiger partial charge >= 0.3 is 0 Å². The first-order chi connectivity index (χ1) is 12.8. The molecule has 26 heavy (non-hydrogen) atoms. The Balaban J connectivity index is 1.44. The first-order valence-corrected chi connectivity index (χ1v) is 8.37. The van der Waals surface area contributed by atoms with E-state index < -0.39 is 0 Å². The second-order valence-corrected chi connectivity index (χ2v) is 6.11. The number of anilines is 2. The van der Waals surface area contributed by atoms with Gasteiger partial charge in [-0.05, 0) is 17.7 Å². The van der Waals surface area contributed by atoms with Crippen LogP contribution in [-0.2, 0) is 6.54 Å². The van der Waals surface area contributed by atoms with E-state index in [0.717, 1.165) is 40.6 Å². The second kappa shape index (κ2) is 6.07. The van der Waals surface area contributed by atoms with Gasteiger partial charge in [-0.25, -0.2) is 9.97 Å². The highest BCUT2D eigenvalue weighted by Crippen LogP contribution is 2.35. The van der Waals surface area contributed by atoms with Gasteiger partial charge in [0.05, 0.1) is 18.0 Å². The van der Waals surface area contributed by atoms with E-state index in [1.807, 2.05) is 48.8 Å². The Morgan fingerprint density at radius 1 is 0.962 bits per heavy atom. The first kappa shape index (κ1) is 14.8. The lowest BCUT2D eigenvalue weighted by atomic mass is 10.2. The normalized spacial score (nSPS) is 12.5. The molecular weight excluding hydrogens is 328 g/mol. The Morgan fingerprint density at radius 3 is 2.77 bits per heavy atom. The van der Waals surface area contributed by atoms with Crippen LogP contribution in [0.2, 0.25) is 0 Å². The second-order valence-electron chi connectivity index (χ2n) is 6.11. The summed E-state index contributed by atoms with van der Waals surface area (Å²) in [5.41, 5.74) is 4.04. The molecule has 0 radical (unpaired) electrons. The van der Waals surface area contributed by atoms with Gasteiger partial charge in [-0.3, -0.25) is 0 Å². The summed E-state index contributed by atoms with van der Waals surface area (Å²) >= 11 is 0. The summed E-state index contributed by atoms with van der Waals surface area (Å²) in [5.74, 6) is 2.26. The maximum Gasteiger partial charge on any atom is 0.231 e.